The third kappa shape index (κ3) is 23.8. The van der Waals surface area contributed by atoms with Crippen LogP contribution in [0.5, 0.6) is 0 Å². The van der Waals surface area contributed by atoms with Gasteiger partial charge in [-0.25, -0.2) is 0 Å². The van der Waals surface area contributed by atoms with Crippen molar-refractivity contribution in [2.24, 2.45) is 0 Å². The standard InChI is InChI=1S/C22H50N4/c1-23-17-11-7-9-15-21-25-19-13-5-3-4-6-14-20-26-22-16-10-8-12-18-24-2/h23-26H,3-22H2,1-2H3. The molecule has 4 N–H and O–H groups in total. The van der Waals surface area contributed by atoms with Crippen molar-refractivity contribution in [2.45, 2.75) is 89.9 Å². The Kier molecular flexibility index (Phi) is 24.7. The van der Waals surface area contributed by atoms with Crippen LogP contribution in [0.15, 0.2) is 0 Å². The Balaban J connectivity index is 2.95. The van der Waals surface area contributed by atoms with E-state index in [1.807, 2.05) is 14.1 Å². The molecule has 4 heteroatoms. The van der Waals surface area contributed by atoms with Gasteiger partial charge in [-0.15, -0.1) is 0 Å². The van der Waals surface area contributed by atoms with Gasteiger partial charge in [0.05, 0.1) is 0 Å². The van der Waals surface area contributed by atoms with Gasteiger partial charge in [-0.2, -0.15) is 0 Å². The molecule has 0 amide bonds. The maximum atomic E-state index is 3.59. The van der Waals surface area contributed by atoms with Crippen molar-refractivity contribution < 1.29 is 0 Å². The second kappa shape index (κ2) is 24.8. The molecule has 0 bridgehead atoms. The van der Waals surface area contributed by atoms with Crippen LogP contribution in [0.1, 0.15) is 89.9 Å². The van der Waals surface area contributed by atoms with Crippen LogP contribution in [0.25, 0.3) is 0 Å². The predicted octanol–water partition coefficient (Wildman–Crippen LogP) is 4.07. The van der Waals surface area contributed by atoms with Crippen LogP contribution in [0.2, 0.25) is 0 Å². The summed E-state index contributed by atoms with van der Waals surface area (Å²) in [5.41, 5.74) is 0. The Bertz CT molecular complexity index is 212. The van der Waals surface area contributed by atoms with Crippen LogP contribution in [-0.4, -0.2) is 53.4 Å². The molecular formula is C22H50N4. The first-order valence-electron chi connectivity index (χ1n) is 11.6. The molecule has 158 valence electrons. The average Bonchev–Trinajstić information content (AvgIpc) is 2.66. The second-order valence-electron chi connectivity index (χ2n) is 7.66. The molecule has 0 aliphatic heterocycles. The molecule has 0 fully saturated rings. The molecule has 0 aliphatic carbocycles. The monoisotopic (exact) mass is 370 g/mol. The first kappa shape index (κ1) is 25.8. The van der Waals surface area contributed by atoms with Gasteiger partial charge in [0, 0.05) is 0 Å². The lowest BCUT2D eigenvalue weighted by Crippen LogP contribution is -2.17. The Morgan fingerprint density at radius 1 is 0.308 bits per heavy atom. The lowest BCUT2D eigenvalue weighted by Gasteiger charge is -2.06. The third-order valence-electron chi connectivity index (χ3n) is 5.02. The van der Waals surface area contributed by atoms with Gasteiger partial charge in [0.1, 0.15) is 0 Å². The van der Waals surface area contributed by atoms with Gasteiger partial charge in [0.15, 0.2) is 0 Å². The van der Waals surface area contributed by atoms with Crippen LogP contribution >= 0.6 is 0 Å². The SMILES string of the molecule is CNCCCCCCNCCCCCCCCNCCCCCCNC. The topological polar surface area (TPSA) is 48.1 Å². The molecule has 0 saturated heterocycles. The maximum Gasteiger partial charge on any atom is -0.00489 e. The van der Waals surface area contributed by atoms with Crippen molar-refractivity contribution in [1.82, 2.24) is 21.3 Å². The van der Waals surface area contributed by atoms with Crippen molar-refractivity contribution in [2.75, 3.05) is 53.4 Å². The molecule has 26 heavy (non-hydrogen) atoms. The Morgan fingerprint density at radius 3 is 0.808 bits per heavy atom. The summed E-state index contributed by atoms with van der Waals surface area (Å²) in [6.45, 7) is 7.18. The van der Waals surface area contributed by atoms with E-state index in [9.17, 15) is 0 Å². The summed E-state index contributed by atoms with van der Waals surface area (Å²) in [4.78, 5) is 0. The molecule has 0 unspecified atom stereocenters. The summed E-state index contributed by atoms with van der Waals surface area (Å²) in [6.07, 6.45) is 19.1. The minimum atomic E-state index is 1.17. The molecule has 0 spiro atoms. The van der Waals surface area contributed by atoms with Crippen LogP contribution < -0.4 is 21.3 Å². The molecule has 0 aliphatic rings. The first-order chi connectivity index (χ1) is 12.9. The van der Waals surface area contributed by atoms with Gasteiger partial charge in [-0.05, 0) is 91.9 Å². The van der Waals surface area contributed by atoms with E-state index in [4.69, 9.17) is 0 Å². The number of nitrogens with one attached hydrogen (secondary N) is 4. The highest BCUT2D eigenvalue weighted by Crippen LogP contribution is 2.05. The van der Waals surface area contributed by atoms with Crippen LogP contribution in [0.3, 0.4) is 0 Å². The summed E-state index contributed by atoms with van der Waals surface area (Å²) < 4.78 is 0. The summed E-state index contributed by atoms with van der Waals surface area (Å²) >= 11 is 0. The predicted molar refractivity (Wildman–Crippen MR) is 118 cm³/mol. The maximum absolute atomic E-state index is 3.59. The summed E-state index contributed by atoms with van der Waals surface area (Å²) in [5.74, 6) is 0. The second-order valence-corrected chi connectivity index (χ2v) is 7.66. The van der Waals surface area contributed by atoms with E-state index >= 15 is 0 Å². The van der Waals surface area contributed by atoms with Crippen molar-refractivity contribution in [3.05, 3.63) is 0 Å². The molecule has 0 atom stereocenters. The Morgan fingerprint density at radius 2 is 0.538 bits per heavy atom. The fourth-order valence-electron chi connectivity index (χ4n) is 3.27. The largest absolute Gasteiger partial charge is 0.320 e. The van der Waals surface area contributed by atoms with Crippen LogP contribution in [0, 0.1) is 0 Å². The van der Waals surface area contributed by atoms with Crippen molar-refractivity contribution in [1.29, 1.82) is 0 Å². The summed E-state index contributed by atoms with van der Waals surface area (Å²) in [7, 11) is 4.07. The van der Waals surface area contributed by atoms with Crippen molar-refractivity contribution >= 4 is 0 Å². The lowest BCUT2D eigenvalue weighted by atomic mass is 10.1. The van der Waals surface area contributed by atoms with Gasteiger partial charge in [0.25, 0.3) is 0 Å². The minimum Gasteiger partial charge on any atom is -0.320 e. The zero-order valence-corrected chi connectivity index (χ0v) is 18.1. The van der Waals surface area contributed by atoms with Crippen LogP contribution in [-0.2, 0) is 0 Å². The fourth-order valence-corrected chi connectivity index (χ4v) is 3.27. The van der Waals surface area contributed by atoms with E-state index in [0.29, 0.717) is 0 Å². The van der Waals surface area contributed by atoms with E-state index in [-0.39, 0.29) is 0 Å². The van der Waals surface area contributed by atoms with Gasteiger partial charge in [-0.1, -0.05) is 51.4 Å². The zero-order valence-electron chi connectivity index (χ0n) is 18.1. The molecule has 0 aromatic rings. The molecule has 0 saturated carbocycles. The summed E-state index contributed by atoms with van der Waals surface area (Å²) in [6, 6.07) is 0. The molecular weight excluding hydrogens is 320 g/mol. The average molecular weight is 371 g/mol. The minimum absolute atomic E-state index is 1.17. The number of hydrogen-bond donors (Lipinski definition) is 4. The molecule has 4 nitrogen and oxygen atoms in total. The highest BCUT2D eigenvalue weighted by Gasteiger charge is 1.94. The van der Waals surface area contributed by atoms with Crippen molar-refractivity contribution in [3.8, 4) is 0 Å². The van der Waals surface area contributed by atoms with E-state index in [1.165, 1.54) is 129 Å². The van der Waals surface area contributed by atoms with Gasteiger partial charge in [-0.3, -0.25) is 0 Å². The quantitative estimate of drug-likeness (QED) is 0.205. The van der Waals surface area contributed by atoms with Crippen molar-refractivity contribution in [3.63, 3.8) is 0 Å². The number of hydrogen-bond acceptors (Lipinski definition) is 4. The van der Waals surface area contributed by atoms with E-state index < -0.39 is 0 Å². The third-order valence-corrected chi connectivity index (χ3v) is 5.02. The lowest BCUT2D eigenvalue weighted by molar-refractivity contribution is 0.529. The Hall–Kier alpha value is -0.160. The number of unbranched alkanes of at least 4 members (excludes halogenated alkanes) is 11. The van der Waals surface area contributed by atoms with Gasteiger partial charge < -0.3 is 21.3 Å². The Labute approximate surface area is 165 Å². The van der Waals surface area contributed by atoms with Gasteiger partial charge >= 0.3 is 0 Å². The highest BCUT2D eigenvalue weighted by atomic mass is 14.8. The van der Waals surface area contributed by atoms with E-state index in [2.05, 4.69) is 21.3 Å². The van der Waals surface area contributed by atoms with E-state index in [1.54, 1.807) is 0 Å². The van der Waals surface area contributed by atoms with Gasteiger partial charge in [0.2, 0.25) is 0 Å². The molecule has 0 radical (unpaired) electrons. The first-order valence-corrected chi connectivity index (χ1v) is 11.6. The summed E-state index contributed by atoms with van der Waals surface area (Å²) in [5, 5.41) is 13.6. The smallest absolute Gasteiger partial charge is 0.00489 e. The molecule has 0 heterocycles. The molecule has 0 rings (SSSR count). The highest BCUT2D eigenvalue weighted by molar-refractivity contribution is 4.54. The fraction of sp³-hybridized carbons (Fsp3) is 1.00. The zero-order chi connectivity index (χ0) is 19.0. The number of rotatable bonds is 23. The molecule has 0 aromatic heterocycles. The van der Waals surface area contributed by atoms with E-state index in [0.717, 1.165) is 0 Å². The molecule has 0 aromatic carbocycles. The van der Waals surface area contributed by atoms with Crippen LogP contribution in [0.4, 0.5) is 0 Å². The normalized spacial score (nSPS) is 11.3.